The van der Waals surface area contributed by atoms with Gasteiger partial charge in [0, 0.05) is 12.1 Å². The fourth-order valence-corrected chi connectivity index (χ4v) is 2.08. The Morgan fingerprint density at radius 2 is 1.84 bits per heavy atom. The highest BCUT2D eigenvalue weighted by Crippen LogP contribution is 2.16. The molecule has 0 fully saturated rings. The van der Waals surface area contributed by atoms with Gasteiger partial charge in [0.2, 0.25) is 5.91 Å². The molecule has 0 atom stereocenters. The van der Waals surface area contributed by atoms with Crippen molar-refractivity contribution in [1.29, 1.82) is 0 Å². The van der Waals surface area contributed by atoms with Gasteiger partial charge in [-0.1, -0.05) is 13.8 Å². The fourth-order valence-electron chi connectivity index (χ4n) is 1.85. The highest BCUT2D eigenvalue weighted by atomic mass is 32.1. The SMILES string of the molecule is CCOC(=O)CCC(=O)NC(=S)Nc1ccc(OCCC(C)C)cc1. The van der Waals surface area contributed by atoms with E-state index in [4.69, 9.17) is 21.7 Å². The number of anilines is 1. The molecular formula is C18H26N2O4S. The normalized spacial score (nSPS) is 10.2. The van der Waals surface area contributed by atoms with Crippen molar-refractivity contribution in [3.63, 3.8) is 0 Å². The first-order valence-electron chi connectivity index (χ1n) is 8.40. The molecule has 0 aromatic heterocycles. The van der Waals surface area contributed by atoms with Crippen LogP contribution in [0.2, 0.25) is 0 Å². The molecule has 2 N–H and O–H groups in total. The van der Waals surface area contributed by atoms with Crippen LogP contribution in [0.3, 0.4) is 0 Å². The number of carbonyl (C=O) groups is 2. The lowest BCUT2D eigenvalue weighted by atomic mass is 10.1. The van der Waals surface area contributed by atoms with Crippen LogP contribution in [0.1, 0.15) is 40.0 Å². The summed E-state index contributed by atoms with van der Waals surface area (Å²) in [5.74, 6) is 0.658. The van der Waals surface area contributed by atoms with Crippen LogP contribution >= 0.6 is 12.2 Å². The van der Waals surface area contributed by atoms with Crippen molar-refractivity contribution in [1.82, 2.24) is 5.32 Å². The second-order valence-electron chi connectivity index (χ2n) is 5.86. The number of thiocarbonyl (C=S) groups is 1. The summed E-state index contributed by atoms with van der Waals surface area (Å²) >= 11 is 5.08. The quantitative estimate of drug-likeness (QED) is 0.516. The van der Waals surface area contributed by atoms with E-state index in [1.165, 1.54) is 0 Å². The Morgan fingerprint density at radius 3 is 2.44 bits per heavy atom. The van der Waals surface area contributed by atoms with Crippen molar-refractivity contribution in [2.75, 3.05) is 18.5 Å². The van der Waals surface area contributed by atoms with Crippen LogP contribution in [-0.4, -0.2) is 30.2 Å². The topological polar surface area (TPSA) is 76.7 Å². The summed E-state index contributed by atoms with van der Waals surface area (Å²) in [6.07, 6.45) is 1.07. The van der Waals surface area contributed by atoms with Gasteiger partial charge in [-0.3, -0.25) is 9.59 Å². The zero-order valence-corrected chi connectivity index (χ0v) is 15.8. The lowest BCUT2D eigenvalue weighted by Crippen LogP contribution is -2.34. The van der Waals surface area contributed by atoms with Gasteiger partial charge in [-0.05, 0) is 55.7 Å². The number of amides is 1. The summed E-state index contributed by atoms with van der Waals surface area (Å²) in [6, 6.07) is 7.32. The third kappa shape index (κ3) is 9.66. The highest BCUT2D eigenvalue weighted by molar-refractivity contribution is 7.80. The fraction of sp³-hybridized carbons (Fsp3) is 0.500. The van der Waals surface area contributed by atoms with Crippen molar-refractivity contribution in [3.8, 4) is 5.75 Å². The van der Waals surface area contributed by atoms with Crippen molar-refractivity contribution < 1.29 is 19.1 Å². The molecule has 0 spiro atoms. The molecule has 0 aliphatic rings. The van der Waals surface area contributed by atoms with Gasteiger partial charge in [0.1, 0.15) is 5.75 Å². The van der Waals surface area contributed by atoms with Gasteiger partial charge in [-0.15, -0.1) is 0 Å². The molecule has 0 unspecified atom stereocenters. The number of ether oxygens (including phenoxy) is 2. The molecule has 0 heterocycles. The molecule has 0 aliphatic carbocycles. The number of carbonyl (C=O) groups excluding carboxylic acids is 2. The number of benzene rings is 1. The molecule has 25 heavy (non-hydrogen) atoms. The summed E-state index contributed by atoms with van der Waals surface area (Å²) in [5, 5.41) is 5.63. The summed E-state index contributed by atoms with van der Waals surface area (Å²) in [6.45, 7) is 7.01. The first-order chi connectivity index (χ1) is 11.9. The van der Waals surface area contributed by atoms with E-state index in [2.05, 4.69) is 24.5 Å². The summed E-state index contributed by atoms with van der Waals surface area (Å²) in [5.41, 5.74) is 0.743. The molecule has 6 nitrogen and oxygen atoms in total. The van der Waals surface area contributed by atoms with E-state index in [1.807, 2.05) is 24.3 Å². The Balaban J connectivity index is 2.34. The molecule has 138 valence electrons. The van der Waals surface area contributed by atoms with E-state index in [0.717, 1.165) is 17.9 Å². The second-order valence-corrected chi connectivity index (χ2v) is 6.27. The molecule has 1 aromatic rings. The van der Waals surface area contributed by atoms with E-state index >= 15 is 0 Å². The molecule has 0 aliphatic heterocycles. The van der Waals surface area contributed by atoms with E-state index in [-0.39, 0.29) is 23.9 Å². The smallest absolute Gasteiger partial charge is 0.306 e. The van der Waals surface area contributed by atoms with Gasteiger partial charge in [-0.25, -0.2) is 0 Å². The van der Waals surface area contributed by atoms with E-state index in [9.17, 15) is 9.59 Å². The summed E-state index contributed by atoms with van der Waals surface area (Å²) in [4.78, 5) is 22.9. The maximum Gasteiger partial charge on any atom is 0.306 e. The van der Waals surface area contributed by atoms with Crippen LogP contribution in [0, 0.1) is 5.92 Å². The minimum absolute atomic E-state index is 0.0310. The van der Waals surface area contributed by atoms with Crippen LogP contribution in [0.4, 0.5) is 5.69 Å². The van der Waals surface area contributed by atoms with Crippen LogP contribution in [-0.2, 0) is 14.3 Å². The zero-order chi connectivity index (χ0) is 18.7. The Morgan fingerprint density at radius 1 is 1.16 bits per heavy atom. The molecular weight excluding hydrogens is 340 g/mol. The van der Waals surface area contributed by atoms with E-state index in [0.29, 0.717) is 19.1 Å². The minimum Gasteiger partial charge on any atom is -0.494 e. The maximum atomic E-state index is 11.7. The van der Waals surface area contributed by atoms with Crippen molar-refractivity contribution in [3.05, 3.63) is 24.3 Å². The number of hydrogen-bond acceptors (Lipinski definition) is 5. The standard InChI is InChI=1S/C18H26N2O4S/c1-4-23-17(22)10-9-16(21)20-18(25)19-14-5-7-15(8-6-14)24-12-11-13(2)3/h5-8,13H,4,9-12H2,1-3H3,(H2,19,20,21,25). The third-order valence-electron chi connectivity index (χ3n) is 3.19. The largest absolute Gasteiger partial charge is 0.494 e. The van der Waals surface area contributed by atoms with Crippen LogP contribution < -0.4 is 15.4 Å². The number of nitrogens with one attached hydrogen (secondary N) is 2. The average molecular weight is 366 g/mol. The Hall–Kier alpha value is -2.15. The monoisotopic (exact) mass is 366 g/mol. The van der Waals surface area contributed by atoms with Gasteiger partial charge in [0.25, 0.3) is 0 Å². The molecule has 1 rings (SSSR count). The van der Waals surface area contributed by atoms with Gasteiger partial charge in [0.15, 0.2) is 5.11 Å². The molecule has 0 saturated heterocycles. The van der Waals surface area contributed by atoms with Crippen LogP contribution in [0.5, 0.6) is 5.75 Å². The predicted molar refractivity (Wildman–Crippen MR) is 102 cm³/mol. The molecule has 0 radical (unpaired) electrons. The highest BCUT2D eigenvalue weighted by Gasteiger charge is 2.09. The van der Waals surface area contributed by atoms with Crippen LogP contribution in [0.15, 0.2) is 24.3 Å². The molecule has 0 bridgehead atoms. The summed E-state index contributed by atoms with van der Waals surface area (Å²) < 4.78 is 10.4. The number of rotatable bonds is 9. The first kappa shape index (κ1) is 20.9. The van der Waals surface area contributed by atoms with Crippen LogP contribution in [0.25, 0.3) is 0 Å². The van der Waals surface area contributed by atoms with Gasteiger partial charge in [0.05, 0.1) is 19.6 Å². The molecule has 0 saturated carbocycles. The lowest BCUT2D eigenvalue weighted by Gasteiger charge is -2.11. The zero-order valence-electron chi connectivity index (χ0n) is 15.0. The molecule has 1 aromatic carbocycles. The first-order valence-corrected chi connectivity index (χ1v) is 8.80. The number of hydrogen-bond donors (Lipinski definition) is 2. The second kappa shape index (κ2) is 11.4. The Kier molecular flexibility index (Phi) is 9.54. The molecule has 1 amide bonds. The van der Waals surface area contributed by atoms with Crippen molar-refractivity contribution in [2.45, 2.75) is 40.0 Å². The Labute approximate surface area is 154 Å². The van der Waals surface area contributed by atoms with Crippen molar-refractivity contribution in [2.24, 2.45) is 5.92 Å². The minimum atomic E-state index is -0.399. The van der Waals surface area contributed by atoms with Crippen molar-refractivity contribution >= 4 is 34.9 Å². The van der Waals surface area contributed by atoms with E-state index in [1.54, 1.807) is 6.92 Å². The van der Waals surface area contributed by atoms with Gasteiger partial charge in [-0.2, -0.15) is 0 Å². The average Bonchev–Trinajstić information content (AvgIpc) is 2.54. The van der Waals surface area contributed by atoms with E-state index < -0.39 is 5.97 Å². The summed E-state index contributed by atoms with van der Waals surface area (Å²) in [7, 11) is 0. The van der Waals surface area contributed by atoms with Gasteiger partial charge >= 0.3 is 5.97 Å². The maximum absolute atomic E-state index is 11.7. The molecule has 7 heteroatoms. The number of esters is 1. The van der Waals surface area contributed by atoms with Gasteiger partial charge < -0.3 is 20.1 Å². The predicted octanol–water partition coefficient (Wildman–Crippen LogP) is 3.27. The third-order valence-corrected chi connectivity index (χ3v) is 3.39. The Bertz CT molecular complexity index is 573. The lowest BCUT2D eigenvalue weighted by molar-refractivity contribution is -0.144.